The quantitative estimate of drug-likeness (QED) is 0.495. The molecule has 1 aliphatic heterocycles. The van der Waals surface area contributed by atoms with Crippen molar-refractivity contribution in [2.75, 3.05) is 25.0 Å². The number of anilines is 1. The third-order valence-electron chi connectivity index (χ3n) is 5.82. The molecule has 4 rings (SSSR count). The van der Waals surface area contributed by atoms with Gasteiger partial charge in [-0.25, -0.2) is 8.42 Å². The number of benzene rings is 2. The number of thiophene rings is 1. The third-order valence-corrected chi connectivity index (χ3v) is 9.05. The van der Waals surface area contributed by atoms with Crippen molar-refractivity contribution in [3.8, 4) is 0 Å². The van der Waals surface area contributed by atoms with E-state index in [1.807, 2.05) is 30.3 Å². The number of carbonyl (C=O) groups excluding carboxylic acids is 2. The highest BCUT2D eigenvalue weighted by atomic mass is 32.2. The van der Waals surface area contributed by atoms with Gasteiger partial charge in [-0.05, 0) is 48.4 Å². The molecule has 0 saturated carbocycles. The van der Waals surface area contributed by atoms with E-state index in [4.69, 9.17) is 0 Å². The maximum absolute atomic E-state index is 13.0. The summed E-state index contributed by atoms with van der Waals surface area (Å²) in [4.78, 5) is 25.8. The predicted molar refractivity (Wildman–Crippen MR) is 133 cm³/mol. The van der Waals surface area contributed by atoms with E-state index in [9.17, 15) is 18.0 Å². The van der Waals surface area contributed by atoms with Crippen molar-refractivity contribution < 1.29 is 18.0 Å². The van der Waals surface area contributed by atoms with E-state index in [1.54, 1.807) is 41.8 Å². The van der Waals surface area contributed by atoms with Crippen molar-refractivity contribution >= 4 is 38.9 Å². The van der Waals surface area contributed by atoms with E-state index < -0.39 is 15.9 Å². The fourth-order valence-corrected chi connectivity index (χ4v) is 6.67. The molecule has 9 heteroatoms. The summed E-state index contributed by atoms with van der Waals surface area (Å²) >= 11 is 1.17. The molecule has 1 saturated heterocycles. The Hall–Kier alpha value is -3.01. The molecule has 0 radical (unpaired) electrons. The zero-order valence-electron chi connectivity index (χ0n) is 18.6. The van der Waals surface area contributed by atoms with Crippen LogP contribution < -0.4 is 10.6 Å². The molecular formula is C25H27N3O4S2. The highest BCUT2D eigenvalue weighted by Gasteiger charge is 2.34. The Balaban J connectivity index is 1.39. The number of hydrogen-bond acceptors (Lipinski definition) is 5. The Kier molecular flexibility index (Phi) is 7.77. The van der Waals surface area contributed by atoms with E-state index in [-0.39, 0.29) is 22.6 Å². The van der Waals surface area contributed by atoms with E-state index in [0.29, 0.717) is 43.6 Å². The Morgan fingerprint density at radius 2 is 1.76 bits per heavy atom. The summed E-state index contributed by atoms with van der Waals surface area (Å²) in [5.74, 6) is -1.04. The molecule has 1 unspecified atom stereocenters. The zero-order valence-corrected chi connectivity index (χ0v) is 20.3. The lowest BCUT2D eigenvalue weighted by Crippen LogP contribution is -2.43. The van der Waals surface area contributed by atoms with Crippen LogP contribution >= 0.6 is 11.3 Å². The largest absolute Gasteiger partial charge is 0.352 e. The Labute approximate surface area is 203 Å². The minimum Gasteiger partial charge on any atom is -0.352 e. The van der Waals surface area contributed by atoms with Gasteiger partial charge < -0.3 is 10.6 Å². The molecule has 2 N–H and O–H groups in total. The van der Waals surface area contributed by atoms with Gasteiger partial charge in [-0.1, -0.05) is 48.5 Å². The molecule has 0 spiro atoms. The average Bonchev–Trinajstić information content (AvgIpc) is 3.41. The van der Waals surface area contributed by atoms with Crippen molar-refractivity contribution in [1.82, 2.24) is 9.62 Å². The molecule has 2 amide bonds. The molecule has 2 aromatic carbocycles. The summed E-state index contributed by atoms with van der Waals surface area (Å²) in [5, 5.41) is 7.49. The SMILES string of the molecule is O=C(NCCc1ccccc1)c1ccccc1NC(=O)C1CCCN(S(=O)(=O)c2cccs2)C1. The van der Waals surface area contributed by atoms with Crippen LogP contribution in [0.2, 0.25) is 0 Å². The van der Waals surface area contributed by atoms with Gasteiger partial charge in [-0.15, -0.1) is 11.3 Å². The maximum atomic E-state index is 13.0. The van der Waals surface area contributed by atoms with Crippen molar-refractivity contribution in [3.63, 3.8) is 0 Å². The van der Waals surface area contributed by atoms with Gasteiger partial charge in [0.1, 0.15) is 4.21 Å². The van der Waals surface area contributed by atoms with Gasteiger partial charge in [0.15, 0.2) is 0 Å². The van der Waals surface area contributed by atoms with Crippen LogP contribution in [0.1, 0.15) is 28.8 Å². The zero-order chi connectivity index (χ0) is 24.0. The molecule has 2 heterocycles. The lowest BCUT2D eigenvalue weighted by atomic mass is 9.98. The number of amides is 2. The molecule has 1 aromatic heterocycles. The smallest absolute Gasteiger partial charge is 0.253 e. The second-order valence-corrected chi connectivity index (χ2v) is 11.3. The number of hydrogen-bond donors (Lipinski definition) is 2. The monoisotopic (exact) mass is 497 g/mol. The molecule has 7 nitrogen and oxygen atoms in total. The normalized spacial score (nSPS) is 16.6. The van der Waals surface area contributed by atoms with Gasteiger partial charge >= 0.3 is 0 Å². The highest BCUT2D eigenvalue weighted by Crippen LogP contribution is 2.27. The van der Waals surface area contributed by atoms with E-state index in [2.05, 4.69) is 10.6 Å². The van der Waals surface area contributed by atoms with Crippen molar-refractivity contribution in [2.24, 2.45) is 5.92 Å². The molecule has 1 fully saturated rings. The van der Waals surface area contributed by atoms with Crippen LogP contribution in [0.5, 0.6) is 0 Å². The number of rotatable bonds is 8. The first-order valence-corrected chi connectivity index (χ1v) is 13.5. The first kappa shape index (κ1) is 24.1. The van der Waals surface area contributed by atoms with Gasteiger partial charge in [0, 0.05) is 19.6 Å². The summed E-state index contributed by atoms with van der Waals surface area (Å²) < 4.78 is 27.4. The third kappa shape index (κ3) is 5.72. The average molecular weight is 498 g/mol. The van der Waals surface area contributed by atoms with Crippen LogP contribution in [0.25, 0.3) is 0 Å². The number of sulfonamides is 1. The summed E-state index contributed by atoms with van der Waals surface area (Å²) in [6, 6.07) is 20.0. The fourth-order valence-electron chi connectivity index (χ4n) is 4.00. The molecule has 178 valence electrons. The lowest BCUT2D eigenvalue weighted by Gasteiger charge is -2.31. The summed E-state index contributed by atoms with van der Waals surface area (Å²) in [5.41, 5.74) is 1.93. The van der Waals surface area contributed by atoms with Crippen molar-refractivity contribution in [2.45, 2.75) is 23.5 Å². The van der Waals surface area contributed by atoms with Gasteiger partial charge in [0.05, 0.1) is 17.2 Å². The minimum atomic E-state index is -3.61. The van der Waals surface area contributed by atoms with Gasteiger partial charge in [-0.2, -0.15) is 4.31 Å². The first-order chi connectivity index (χ1) is 16.4. The predicted octanol–water partition coefficient (Wildman–Crippen LogP) is 3.76. The van der Waals surface area contributed by atoms with Gasteiger partial charge in [0.2, 0.25) is 5.91 Å². The molecule has 1 aliphatic rings. The van der Waals surface area contributed by atoms with E-state index in [0.717, 1.165) is 5.56 Å². The maximum Gasteiger partial charge on any atom is 0.253 e. The number of nitrogens with zero attached hydrogens (tertiary/aromatic N) is 1. The Bertz CT molecular complexity index is 1230. The van der Waals surface area contributed by atoms with E-state index in [1.165, 1.54) is 15.6 Å². The molecule has 0 aliphatic carbocycles. The molecule has 3 aromatic rings. The highest BCUT2D eigenvalue weighted by molar-refractivity contribution is 7.91. The molecular weight excluding hydrogens is 470 g/mol. The molecule has 0 bridgehead atoms. The fraction of sp³-hybridized carbons (Fsp3) is 0.280. The second-order valence-electron chi connectivity index (χ2n) is 8.16. The minimum absolute atomic E-state index is 0.123. The summed E-state index contributed by atoms with van der Waals surface area (Å²) in [6.45, 7) is 0.991. The van der Waals surface area contributed by atoms with Crippen molar-refractivity contribution in [3.05, 3.63) is 83.2 Å². The second kappa shape index (κ2) is 10.9. The molecule has 1 atom stereocenters. The lowest BCUT2D eigenvalue weighted by molar-refractivity contribution is -0.120. The Morgan fingerprint density at radius 3 is 2.53 bits per heavy atom. The topological polar surface area (TPSA) is 95.6 Å². The first-order valence-electron chi connectivity index (χ1n) is 11.2. The van der Waals surface area contributed by atoms with Gasteiger partial charge in [0.25, 0.3) is 15.9 Å². The number of carbonyl (C=O) groups is 2. The summed E-state index contributed by atoms with van der Waals surface area (Å²) in [6.07, 6.45) is 1.90. The molecule has 34 heavy (non-hydrogen) atoms. The Morgan fingerprint density at radius 1 is 1.00 bits per heavy atom. The number of piperidine rings is 1. The number of para-hydroxylation sites is 1. The van der Waals surface area contributed by atoms with Crippen LogP contribution in [-0.4, -0.2) is 44.2 Å². The van der Waals surface area contributed by atoms with Crippen molar-refractivity contribution in [1.29, 1.82) is 0 Å². The van der Waals surface area contributed by atoms with Crippen LogP contribution in [-0.2, 0) is 21.2 Å². The standard InChI is InChI=1S/C25H27N3O4S2/c29-24(20-10-6-16-28(18-20)34(31,32)23-13-7-17-33-23)27-22-12-5-4-11-21(22)25(30)26-15-14-19-8-2-1-3-9-19/h1-5,7-9,11-13,17,20H,6,10,14-16,18H2,(H,26,30)(H,27,29). The van der Waals surface area contributed by atoms with Crippen LogP contribution in [0.3, 0.4) is 0 Å². The number of nitrogens with one attached hydrogen (secondary N) is 2. The summed E-state index contributed by atoms with van der Waals surface area (Å²) in [7, 11) is -3.61. The van der Waals surface area contributed by atoms with Crippen LogP contribution in [0.4, 0.5) is 5.69 Å². The van der Waals surface area contributed by atoms with Gasteiger partial charge in [-0.3, -0.25) is 9.59 Å². The van der Waals surface area contributed by atoms with Crippen LogP contribution in [0, 0.1) is 5.92 Å². The van der Waals surface area contributed by atoms with E-state index >= 15 is 0 Å². The van der Waals surface area contributed by atoms with Crippen LogP contribution in [0.15, 0.2) is 76.3 Å².